The number of aliphatic imine (C=N–C) groups is 1. The van der Waals surface area contributed by atoms with Crippen molar-refractivity contribution < 1.29 is 32.7 Å². The molecule has 15 heavy (non-hydrogen) atoms. The molecular formula is C11H14N3Y-. The third kappa shape index (κ3) is 4.23. The van der Waals surface area contributed by atoms with Gasteiger partial charge in [0.2, 0.25) is 0 Å². The maximum Gasteiger partial charge on any atom is 0.0283 e. The van der Waals surface area contributed by atoms with E-state index in [2.05, 4.69) is 23.0 Å². The fraction of sp³-hybridized carbons (Fsp3) is 0.273. The molecule has 1 aromatic heterocycles. The molecule has 0 amide bonds. The fourth-order valence-electron chi connectivity index (χ4n) is 1.08. The first-order valence-corrected chi connectivity index (χ1v) is 4.53. The molecule has 0 saturated carbocycles. The number of rotatable bonds is 3. The van der Waals surface area contributed by atoms with Crippen LogP contribution in [0, 0.1) is 6.07 Å². The SMILES string of the molecule is CCc1[c-]cc(C(/C=C\N)=NC)nc1.[Y]. The van der Waals surface area contributed by atoms with Crippen molar-refractivity contribution in [2.75, 3.05) is 7.05 Å². The van der Waals surface area contributed by atoms with Gasteiger partial charge in [-0.3, -0.25) is 4.99 Å². The molecule has 0 saturated heterocycles. The molecule has 77 valence electrons. The van der Waals surface area contributed by atoms with Crippen LogP contribution in [0.4, 0.5) is 0 Å². The Labute approximate surface area is 116 Å². The van der Waals surface area contributed by atoms with Gasteiger partial charge < -0.3 is 10.7 Å². The van der Waals surface area contributed by atoms with Crippen LogP contribution in [0.3, 0.4) is 0 Å². The van der Waals surface area contributed by atoms with E-state index >= 15 is 0 Å². The van der Waals surface area contributed by atoms with Crippen LogP contribution in [0.25, 0.3) is 0 Å². The number of hydrogen-bond acceptors (Lipinski definition) is 3. The number of hydrogen-bond donors (Lipinski definition) is 1. The summed E-state index contributed by atoms with van der Waals surface area (Å²) in [6, 6.07) is 4.98. The van der Waals surface area contributed by atoms with Crippen LogP contribution < -0.4 is 5.73 Å². The van der Waals surface area contributed by atoms with Gasteiger partial charge in [-0.15, -0.1) is 11.6 Å². The third-order valence-corrected chi connectivity index (χ3v) is 1.89. The second kappa shape index (κ2) is 7.72. The van der Waals surface area contributed by atoms with Crippen molar-refractivity contribution in [2.45, 2.75) is 13.3 Å². The van der Waals surface area contributed by atoms with Gasteiger partial charge in [-0.25, -0.2) is 0 Å². The molecule has 2 N–H and O–H groups in total. The monoisotopic (exact) mass is 277 g/mol. The Morgan fingerprint density at radius 3 is 2.80 bits per heavy atom. The fourth-order valence-corrected chi connectivity index (χ4v) is 1.08. The van der Waals surface area contributed by atoms with Gasteiger partial charge in [-0.05, 0) is 18.0 Å². The van der Waals surface area contributed by atoms with Gasteiger partial charge in [0.1, 0.15) is 0 Å². The van der Waals surface area contributed by atoms with E-state index in [4.69, 9.17) is 5.73 Å². The number of allylic oxidation sites excluding steroid dienone is 1. The van der Waals surface area contributed by atoms with Crippen molar-refractivity contribution in [2.24, 2.45) is 10.7 Å². The van der Waals surface area contributed by atoms with Crippen molar-refractivity contribution in [3.8, 4) is 0 Å². The van der Waals surface area contributed by atoms with E-state index in [-0.39, 0.29) is 32.7 Å². The van der Waals surface area contributed by atoms with Gasteiger partial charge in [0.05, 0.1) is 0 Å². The normalized spacial score (nSPS) is 11.5. The first kappa shape index (κ1) is 14.5. The summed E-state index contributed by atoms with van der Waals surface area (Å²) < 4.78 is 0. The van der Waals surface area contributed by atoms with Crippen molar-refractivity contribution >= 4 is 5.71 Å². The predicted octanol–water partition coefficient (Wildman–Crippen LogP) is 1.33. The number of nitrogens with two attached hydrogens (primary N) is 1. The summed E-state index contributed by atoms with van der Waals surface area (Å²) in [7, 11) is 1.71. The van der Waals surface area contributed by atoms with Crippen LogP contribution in [-0.2, 0) is 39.1 Å². The Balaban J connectivity index is 0.00000196. The molecule has 0 atom stereocenters. The first-order valence-electron chi connectivity index (χ1n) is 4.53. The molecule has 0 spiro atoms. The molecule has 1 radical (unpaired) electrons. The zero-order valence-electron chi connectivity index (χ0n) is 9.07. The molecule has 0 aliphatic carbocycles. The van der Waals surface area contributed by atoms with Gasteiger partial charge in [0.15, 0.2) is 0 Å². The van der Waals surface area contributed by atoms with Gasteiger partial charge in [-0.2, -0.15) is 6.07 Å². The summed E-state index contributed by atoms with van der Waals surface area (Å²) in [5.41, 5.74) is 7.96. The minimum absolute atomic E-state index is 0. The summed E-state index contributed by atoms with van der Waals surface area (Å²) in [5.74, 6) is 0. The van der Waals surface area contributed by atoms with Crippen LogP contribution in [0.1, 0.15) is 18.2 Å². The van der Waals surface area contributed by atoms with E-state index in [9.17, 15) is 0 Å². The van der Waals surface area contributed by atoms with Crippen molar-refractivity contribution in [1.82, 2.24) is 4.98 Å². The Hall–Kier alpha value is -0.536. The summed E-state index contributed by atoms with van der Waals surface area (Å²) in [4.78, 5) is 8.34. The zero-order valence-corrected chi connectivity index (χ0v) is 11.9. The van der Waals surface area contributed by atoms with Crippen molar-refractivity contribution in [1.29, 1.82) is 0 Å². The van der Waals surface area contributed by atoms with Crippen LogP contribution in [0.2, 0.25) is 0 Å². The molecule has 1 aromatic rings. The number of nitrogens with zero attached hydrogens (tertiary/aromatic N) is 2. The van der Waals surface area contributed by atoms with Gasteiger partial charge in [0.25, 0.3) is 0 Å². The topological polar surface area (TPSA) is 51.3 Å². The van der Waals surface area contributed by atoms with Crippen molar-refractivity contribution in [3.63, 3.8) is 0 Å². The van der Waals surface area contributed by atoms with Crippen LogP contribution >= 0.6 is 0 Å². The van der Waals surface area contributed by atoms with E-state index in [0.717, 1.165) is 23.4 Å². The Morgan fingerprint density at radius 1 is 1.67 bits per heavy atom. The van der Waals surface area contributed by atoms with Crippen LogP contribution in [0.5, 0.6) is 0 Å². The molecule has 1 rings (SSSR count). The maximum absolute atomic E-state index is 5.30. The van der Waals surface area contributed by atoms with Crippen molar-refractivity contribution in [3.05, 3.63) is 41.9 Å². The summed E-state index contributed by atoms with van der Waals surface area (Å²) in [6.45, 7) is 2.07. The molecule has 4 heteroatoms. The second-order valence-corrected chi connectivity index (χ2v) is 2.78. The Bertz CT molecular complexity index is 341. The third-order valence-electron chi connectivity index (χ3n) is 1.89. The van der Waals surface area contributed by atoms with Gasteiger partial charge in [-0.1, -0.05) is 19.5 Å². The zero-order chi connectivity index (χ0) is 10.4. The van der Waals surface area contributed by atoms with Gasteiger partial charge >= 0.3 is 0 Å². The van der Waals surface area contributed by atoms with E-state index in [1.165, 1.54) is 6.20 Å². The number of aromatic nitrogens is 1. The molecule has 0 aliphatic heterocycles. The number of pyridine rings is 1. The molecule has 0 aromatic carbocycles. The predicted molar refractivity (Wildman–Crippen MR) is 58.2 cm³/mol. The molecule has 0 aliphatic rings. The first-order chi connectivity index (χ1) is 6.81. The quantitative estimate of drug-likeness (QED) is 0.669. The molecule has 0 unspecified atom stereocenters. The second-order valence-electron chi connectivity index (χ2n) is 2.78. The van der Waals surface area contributed by atoms with E-state index in [0.29, 0.717) is 0 Å². The largest absolute Gasteiger partial charge is 0.405 e. The maximum atomic E-state index is 5.30. The van der Waals surface area contributed by atoms with Crippen LogP contribution in [-0.4, -0.2) is 17.7 Å². The average Bonchev–Trinajstić information content (AvgIpc) is 2.26. The standard InChI is InChI=1S/C11H14N3.Y/c1-3-9-4-5-11(14-8-9)10(13-2)6-7-12;/h5-8H,3,12H2,1-2H3;/q-1;/b7-6-,13-10?;. The van der Waals surface area contributed by atoms with E-state index < -0.39 is 0 Å². The minimum atomic E-state index is 0. The summed E-state index contributed by atoms with van der Waals surface area (Å²) in [5, 5.41) is 0. The smallest absolute Gasteiger partial charge is 0.0283 e. The number of aryl methyl sites for hydroxylation is 1. The Morgan fingerprint density at radius 2 is 2.40 bits per heavy atom. The molecular weight excluding hydrogens is 263 g/mol. The summed E-state index contributed by atoms with van der Waals surface area (Å²) >= 11 is 0. The van der Waals surface area contributed by atoms with E-state index in [1.54, 1.807) is 13.1 Å². The Kier molecular flexibility index (Phi) is 7.44. The van der Waals surface area contributed by atoms with E-state index in [1.807, 2.05) is 12.3 Å². The van der Waals surface area contributed by atoms with Gasteiger partial charge in [0, 0.05) is 45.5 Å². The summed E-state index contributed by atoms with van der Waals surface area (Å²) in [6.07, 6.45) is 5.93. The minimum Gasteiger partial charge on any atom is -0.405 e. The molecule has 3 nitrogen and oxygen atoms in total. The molecule has 0 bridgehead atoms. The average molecular weight is 277 g/mol. The molecule has 0 fully saturated rings. The van der Waals surface area contributed by atoms with Crippen LogP contribution in [0.15, 0.2) is 29.5 Å². The molecule has 1 heterocycles.